The number of hydrogen-bond acceptors (Lipinski definition) is 5. The van der Waals surface area contributed by atoms with Crippen LogP contribution >= 0.6 is 0 Å². The molecule has 0 saturated heterocycles. The van der Waals surface area contributed by atoms with Crippen molar-refractivity contribution in [1.82, 2.24) is 10.1 Å². The summed E-state index contributed by atoms with van der Waals surface area (Å²) in [4.78, 5) is 14.5. The lowest BCUT2D eigenvalue weighted by Crippen LogP contribution is -2.11. The van der Waals surface area contributed by atoms with Crippen molar-refractivity contribution in [2.75, 3.05) is 7.11 Å². The van der Waals surface area contributed by atoms with Crippen molar-refractivity contribution in [2.45, 2.75) is 12.4 Å². The molecule has 23 heavy (non-hydrogen) atoms. The molecular weight excluding hydrogens is 334 g/mol. The molecule has 0 spiro atoms. The van der Waals surface area contributed by atoms with E-state index in [1.807, 2.05) is 0 Å². The van der Waals surface area contributed by atoms with Crippen LogP contribution in [0.4, 0.5) is 26.3 Å². The molecule has 11 heteroatoms. The molecular formula is C12H6F6N2O3. The van der Waals surface area contributed by atoms with Crippen LogP contribution in [-0.4, -0.2) is 23.2 Å². The number of ether oxygens (including phenoxy) is 1. The fourth-order valence-corrected chi connectivity index (χ4v) is 1.59. The number of halogens is 6. The second-order valence-corrected chi connectivity index (χ2v) is 4.21. The van der Waals surface area contributed by atoms with E-state index in [1.165, 1.54) is 0 Å². The Labute approximate surface area is 123 Å². The molecule has 0 saturated carbocycles. The van der Waals surface area contributed by atoms with Gasteiger partial charge in [0.15, 0.2) is 0 Å². The van der Waals surface area contributed by atoms with Crippen LogP contribution in [-0.2, 0) is 17.1 Å². The highest BCUT2D eigenvalue weighted by atomic mass is 19.4. The van der Waals surface area contributed by atoms with Gasteiger partial charge < -0.3 is 9.26 Å². The molecule has 0 bridgehead atoms. The van der Waals surface area contributed by atoms with Crippen LogP contribution in [0.5, 0.6) is 0 Å². The normalized spacial score (nSPS) is 12.3. The first kappa shape index (κ1) is 16.8. The van der Waals surface area contributed by atoms with E-state index in [9.17, 15) is 31.1 Å². The molecule has 1 heterocycles. The average molecular weight is 340 g/mol. The molecule has 2 aromatic rings. The number of carbonyl (C=O) groups excluding carboxylic acids is 1. The number of methoxy groups -OCH3 is 1. The van der Waals surface area contributed by atoms with E-state index < -0.39 is 46.7 Å². The molecule has 0 aliphatic rings. The summed E-state index contributed by atoms with van der Waals surface area (Å²) in [6.45, 7) is 0. The number of rotatable bonds is 2. The predicted molar refractivity (Wildman–Crippen MR) is 61.1 cm³/mol. The lowest BCUT2D eigenvalue weighted by atomic mass is 10.0. The van der Waals surface area contributed by atoms with E-state index in [0.29, 0.717) is 12.1 Å². The molecule has 2 rings (SSSR count). The first-order valence-electron chi connectivity index (χ1n) is 5.74. The lowest BCUT2D eigenvalue weighted by Gasteiger charge is -2.12. The number of nitrogens with zero attached hydrogens (tertiary/aromatic N) is 2. The quantitative estimate of drug-likeness (QED) is 0.618. The van der Waals surface area contributed by atoms with Crippen LogP contribution in [0.2, 0.25) is 0 Å². The number of benzene rings is 1. The second kappa shape index (κ2) is 5.56. The average Bonchev–Trinajstić information content (AvgIpc) is 2.94. The van der Waals surface area contributed by atoms with Crippen molar-refractivity contribution in [1.29, 1.82) is 0 Å². The van der Waals surface area contributed by atoms with Crippen molar-refractivity contribution < 1.29 is 40.4 Å². The third-order valence-corrected chi connectivity index (χ3v) is 2.63. The lowest BCUT2D eigenvalue weighted by molar-refractivity contribution is -0.143. The first-order valence-corrected chi connectivity index (χ1v) is 5.74. The van der Waals surface area contributed by atoms with Gasteiger partial charge in [0, 0.05) is 5.56 Å². The molecule has 0 N–H and O–H groups in total. The van der Waals surface area contributed by atoms with Crippen LogP contribution < -0.4 is 0 Å². The summed E-state index contributed by atoms with van der Waals surface area (Å²) in [5, 5.41) is 3.18. The van der Waals surface area contributed by atoms with Crippen LogP contribution in [0.3, 0.4) is 0 Å². The molecule has 0 unspecified atom stereocenters. The van der Waals surface area contributed by atoms with Gasteiger partial charge in [-0.1, -0.05) is 5.16 Å². The second-order valence-electron chi connectivity index (χ2n) is 4.21. The zero-order chi connectivity index (χ0) is 17.4. The Morgan fingerprint density at radius 3 is 2.00 bits per heavy atom. The van der Waals surface area contributed by atoms with Crippen LogP contribution in [0, 0.1) is 0 Å². The van der Waals surface area contributed by atoms with Gasteiger partial charge in [-0.05, 0) is 18.2 Å². The molecule has 1 aromatic heterocycles. The van der Waals surface area contributed by atoms with Gasteiger partial charge in [-0.25, -0.2) is 4.79 Å². The van der Waals surface area contributed by atoms with E-state index in [2.05, 4.69) is 19.4 Å². The van der Waals surface area contributed by atoms with Crippen molar-refractivity contribution in [2.24, 2.45) is 0 Å². The molecule has 0 fully saturated rings. The van der Waals surface area contributed by atoms with E-state index in [4.69, 9.17) is 0 Å². The number of hydrogen-bond donors (Lipinski definition) is 0. The third kappa shape index (κ3) is 3.60. The fourth-order valence-electron chi connectivity index (χ4n) is 1.59. The number of carbonyl (C=O) groups is 1. The highest BCUT2D eigenvalue weighted by Crippen LogP contribution is 2.38. The third-order valence-electron chi connectivity index (χ3n) is 2.63. The molecule has 5 nitrogen and oxygen atoms in total. The highest BCUT2D eigenvalue weighted by Gasteiger charge is 2.37. The Morgan fingerprint density at radius 2 is 1.57 bits per heavy atom. The van der Waals surface area contributed by atoms with E-state index in [0.717, 1.165) is 7.11 Å². The molecule has 1 aromatic carbocycles. The van der Waals surface area contributed by atoms with E-state index in [1.54, 1.807) is 0 Å². The zero-order valence-corrected chi connectivity index (χ0v) is 11.1. The van der Waals surface area contributed by atoms with Gasteiger partial charge in [0.25, 0.3) is 0 Å². The number of alkyl halides is 6. The van der Waals surface area contributed by atoms with Gasteiger partial charge >= 0.3 is 24.2 Å². The van der Waals surface area contributed by atoms with Crippen molar-refractivity contribution in [3.8, 4) is 11.4 Å². The molecule has 0 aliphatic carbocycles. The highest BCUT2D eigenvalue weighted by molar-refractivity contribution is 5.84. The van der Waals surface area contributed by atoms with E-state index >= 15 is 0 Å². The SMILES string of the molecule is COC(=O)c1nc(-c2cc(C(F)(F)F)cc(C(F)(F)F)c2)no1. The van der Waals surface area contributed by atoms with Gasteiger partial charge in [-0.2, -0.15) is 31.3 Å². The van der Waals surface area contributed by atoms with Gasteiger partial charge in [0.05, 0.1) is 18.2 Å². The maximum Gasteiger partial charge on any atom is 0.416 e. The summed E-state index contributed by atoms with van der Waals surface area (Å²) >= 11 is 0. The Morgan fingerprint density at radius 1 is 1.04 bits per heavy atom. The van der Waals surface area contributed by atoms with Crippen LogP contribution in [0.25, 0.3) is 11.4 Å². The predicted octanol–water partition coefficient (Wildman–Crippen LogP) is 3.56. The number of aromatic nitrogens is 2. The van der Waals surface area contributed by atoms with E-state index in [-0.39, 0.29) is 6.07 Å². The maximum atomic E-state index is 12.7. The van der Waals surface area contributed by atoms with Gasteiger partial charge in [-0.3, -0.25) is 0 Å². The van der Waals surface area contributed by atoms with Crippen LogP contribution in [0.1, 0.15) is 21.8 Å². The Balaban J connectivity index is 2.57. The summed E-state index contributed by atoms with van der Waals surface area (Å²) in [6.07, 6.45) is -10.0. The van der Waals surface area contributed by atoms with Crippen molar-refractivity contribution >= 4 is 5.97 Å². The van der Waals surface area contributed by atoms with Gasteiger partial charge in [0.2, 0.25) is 5.82 Å². The minimum absolute atomic E-state index is 0.0369. The summed E-state index contributed by atoms with van der Waals surface area (Å²) in [6, 6.07) is 0.799. The van der Waals surface area contributed by atoms with Gasteiger partial charge in [0.1, 0.15) is 0 Å². The Bertz CT molecular complexity index is 703. The summed E-state index contributed by atoms with van der Waals surface area (Å²) < 4.78 is 85.1. The fraction of sp³-hybridized carbons (Fsp3) is 0.250. The van der Waals surface area contributed by atoms with Crippen molar-refractivity contribution in [3.05, 3.63) is 35.2 Å². The molecule has 0 atom stereocenters. The first-order chi connectivity index (χ1) is 10.5. The summed E-state index contributed by atoms with van der Waals surface area (Å²) in [7, 11) is 0.984. The smallest absolute Gasteiger partial charge is 0.416 e. The summed E-state index contributed by atoms with van der Waals surface area (Å²) in [5.41, 5.74) is -3.68. The minimum Gasteiger partial charge on any atom is -0.462 e. The molecule has 0 aliphatic heterocycles. The Hall–Kier alpha value is -2.59. The standard InChI is InChI=1S/C12H6F6N2O3/c1-22-10(21)9-19-8(20-23-9)5-2-6(11(13,14)15)4-7(3-5)12(16,17)18/h2-4H,1H3. The Kier molecular flexibility index (Phi) is 4.05. The van der Waals surface area contributed by atoms with Crippen LogP contribution in [0.15, 0.2) is 22.7 Å². The molecule has 0 radical (unpaired) electrons. The topological polar surface area (TPSA) is 65.2 Å². The number of esters is 1. The summed E-state index contributed by atoms with van der Waals surface area (Å²) in [5.74, 6) is -2.39. The molecule has 124 valence electrons. The van der Waals surface area contributed by atoms with Crippen molar-refractivity contribution in [3.63, 3.8) is 0 Å². The molecule has 0 amide bonds. The monoisotopic (exact) mass is 340 g/mol. The minimum atomic E-state index is -5.01. The largest absolute Gasteiger partial charge is 0.462 e. The maximum absolute atomic E-state index is 12.7. The zero-order valence-electron chi connectivity index (χ0n) is 11.1. The van der Waals surface area contributed by atoms with Gasteiger partial charge in [-0.15, -0.1) is 0 Å².